The fourth-order valence-corrected chi connectivity index (χ4v) is 2.35. The number of Topliss-reactive ketones (excluding diaryl/α,β-unsaturated/α-hetero) is 1. The molecule has 0 radical (unpaired) electrons. The third-order valence-electron chi connectivity index (χ3n) is 2.64. The van der Waals surface area contributed by atoms with Crippen molar-refractivity contribution in [3.05, 3.63) is 0 Å². The van der Waals surface area contributed by atoms with E-state index in [0.29, 0.717) is 24.2 Å². The van der Waals surface area contributed by atoms with Crippen LogP contribution in [0.15, 0.2) is 0 Å². The van der Waals surface area contributed by atoms with Gasteiger partial charge in [-0.05, 0) is 19.1 Å². The van der Waals surface area contributed by atoms with Crippen molar-refractivity contribution in [3.8, 4) is 0 Å². The molecule has 1 aliphatic heterocycles. The van der Waals surface area contributed by atoms with Crippen LogP contribution in [0, 0.1) is 5.92 Å². The van der Waals surface area contributed by atoms with Gasteiger partial charge >= 0.3 is 0 Å². The zero-order valence-electron chi connectivity index (χ0n) is 8.99. The number of ketones is 1. The summed E-state index contributed by atoms with van der Waals surface area (Å²) in [6, 6.07) is 0. The Morgan fingerprint density at radius 1 is 1.50 bits per heavy atom. The normalized spacial score (nSPS) is 19.9. The van der Waals surface area contributed by atoms with Crippen molar-refractivity contribution in [1.29, 1.82) is 0 Å². The molecule has 0 aromatic heterocycles. The molecule has 0 N–H and O–H groups in total. The second-order valence-corrected chi connectivity index (χ2v) is 4.58. The second-order valence-electron chi connectivity index (χ2n) is 3.71. The number of hydrogen-bond donors (Lipinski definition) is 0. The van der Waals surface area contributed by atoms with Crippen molar-refractivity contribution in [2.24, 2.45) is 5.92 Å². The van der Waals surface area contributed by atoms with Gasteiger partial charge in [0.05, 0.1) is 12.5 Å². The number of likely N-dealkylation sites (tertiary alicyclic amines) is 1. The minimum Gasteiger partial charge on any atom is -0.369 e. The molecule has 0 bridgehead atoms. The average Bonchev–Trinajstić information content (AvgIpc) is 2.20. The number of thioether (sulfide) groups is 1. The summed E-state index contributed by atoms with van der Waals surface area (Å²) in [5.74, 6) is 1.40. The summed E-state index contributed by atoms with van der Waals surface area (Å²) in [4.78, 5) is 13.8. The maximum atomic E-state index is 11.6. The summed E-state index contributed by atoms with van der Waals surface area (Å²) >= 11 is 1.63. The Hall–Kier alpha value is -0.0600. The summed E-state index contributed by atoms with van der Waals surface area (Å²) in [5.41, 5.74) is 0. The van der Waals surface area contributed by atoms with Crippen molar-refractivity contribution >= 4 is 17.5 Å². The highest BCUT2D eigenvalue weighted by Crippen LogP contribution is 2.19. The van der Waals surface area contributed by atoms with E-state index < -0.39 is 0 Å². The van der Waals surface area contributed by atoms with Crippen LogP contribution in [-0.2, 0) is 9.53 Å². The topological polar surface area (TPSA) is 29.5 Å². The first-order valence-electron chi connectivity index (χ1n) is 5.01. The average molecular weight is 217 g/mol. The summed E-state index contributed by atoms with van der Waals surface area (Å²) in [5, 5.41) is 0. The van der Waals surface area contributed by atoms with Crippen LogP contribution in [0.5, 0.6) is 0 Å². The molecule has 0 unspecified atom stereocenters. The molecule has 0 spiro atoms. The lowest BCUT2D eigenvalue weighted by molar-refractivity contribution is -0.122. The van der Waals surface area contributed by atoms with E-state index in [1.165, 1.54) is 0 Å². The van der Waals surface area contributed by atoms with Crippen LogP contribution in [0.2, 0.25) is 0 Å². The second kappa shape index (κ2) is 6.43. The monoisotopic (exact) mass is 217 g/mol. The zero-order valence-corrected chi connectivity index (χ0v) is 9.81. The number of carbonyl (C=O) groups is 1. The number of carbonyl (C=O) groups excluding carboxylic acids is 1. The first-order valence-corrected chi connectivity index (χ1v) is 6.40. The van der Waals surface area contributed by atoms with E-state index in [2.05, 4.69) is 4.90 Å². The van der Waals surface area contributed by atoms with E-state index >= 15 is 0 Å². The molecule has 0 saturated carbocycles. The zero-order chi connectivity index (χ0) is 10.4. The van der Waals surface area contributed by atoms with Gasteiger partial charge < -0.3 is 4.74 Å². The van der Waals surface area contributed by atoms with E-state index in [4.69, 9.17) is 4.74 Å². The molecule has 1 aliphatic rings. The number of nitrogens with zero attached hydrogens (tertiary/aromatic N) is 1. The molecule has 1 saturated heterocycles. The minimum absolute atomic E-state index is 0.301. The molecule has 14 heavy (non-hydrogen) atoms. The van der Waals surface area contributed by atoms with Crippen molar-refractivity contribution < 1.29 is 9.53 Å². The third-order valence-corrected chi connectivity index (χ3v) is 3.21. The largest absolute Gasteiger partial charge is 0.369 e. The molecule has 1 rings (SSSR count). The number of hydrogen-bond acceptors (Lipinski definition) is 4. The fourth-order valence-electron chi connectivity index (χ4n) is 1.83. The van der Waals surface area contributed by atoms with Crippen molar-refractivity contribution in [2.75, 3.05) is 38.9 Å². The molecule has 0 amide bonds. The van der Waals surface area contributed by atoms with Crippen LogP contribution < -0.4 is 0 Å². The molecule has 0 aliphatic carbocycles. The highest BCUT2D eigenvalue weighted by molar-refractivity contribution is 7.99. The molecule has 1 heterocycles. The lowest BCUT2D eigenvalue weighted by atomic mass is 9.93. The predicted molar refractivity (Wildman–Crippen MR) is 59.6 cm³/mol. The lowest BCUT2D eigenvalue weighted by Gasteiger charge is -2.30. The molecule has 0 aromatic rings. The standard InChI is InChI=1S/C10H19NO2S/c1-13-8-11-5-3-9(4-6-11)10(12)7-14-2/h9H,3-8H2,1-2H3. The first kappa shape index (κ1) is 12.0. The number of piperidine rings is 1. The molecule has 0 aromatic carbocycles. The highest BCUT2D eigenvalue weighted by atomic mass is 32.2. The van der Waals surface area contributed by atoms with Crippen LogP contribution in [0.4, 0.5) is 0 Å². The maximum Gasteiger partial charge on any atom is 0.145 e. The molecule has 3 nitrogen and oxygen atoms in total. The van der Waals surface area contributed by atoms with Gasteiger partial charge in [0.15, 0.2) is 0 Å². The van der Waals surface area contributed by atoms with Gasteiger partial charge in [0.1, 0.15) is 5.78 Å². The van der Waals surface area contributed by atoms with Gasteiger partial charge in [0.2, 0.25) is 0 Å². The van der Waals surface area contributed by atoms with Gasteiger partial charge in [0.25, 0.3) is 0 Å². The van der Waals surface area contributed by atoms with E-state index in [9.17, 15) is 4.79 Å². The van der Waals surface area contributed by atoms with Crippen LogP contribution in [0.25, 0.3) is 0 Å². The highest BCUT2D eigenvalue weighted by Gasteiger charge is 2.23. The van der Waals surface area contributed by atoms with Crippen LogP contribution >= 0.6 is 11.8 Å². The fraction of sp³-hybridized carbons (Fsp3) is 0.900. The van der Waals surface area contributed by atoms with Gasteiger partial charge in [-0.1, -0.05) is 0 Å². The van der Waals surface area contributed by atoms with E-state index in [-0.39, 0.29) is 0 Å². The van der Waals surface area contributed by atoms with E-state index in [1.807, 2.05) is 6.26 Å². The molecular formula is C10H19NO2S. The Balaban J connectivity index is 2.24. The van der Waals surface area contributed by atoms with Crippen molar-refractivity contribution in [2.45, 2.75) is 12.8 Å². The summed E-state index contributed by atoms with van der Waals surface area (Å²) in [6.45, 7) is 2.70. The van der Waals surface area contributed by atoms with Crippen molar-refractivity contribution in [3.63, 3.8) is 0 Å². The summed E-state index contributed by atoms with van der Waals surface area (Å²) < 4.78 is 5.06. The Bertz CT molecular complexity index is 179. The molecule has 0 atom stereocenters. The van der Waals surface area contributed by atoms with Gasteiger partial charge in [-0.15, -0.1) is 0 Å². The minimum atomic E-state index is 0.301. The van der Waals surface area contributed by atoms with Gasteiger partial charge in [-0.3, -0.25) is 9.69 Å². The maximum absolute atomic E-state index is 11.6. The van der Waals surface area contributed by atoms with E-state index in [0.717, 1.165) is 25.9 Å². The summed E-state index contributed by atoms with van der Waals surface area (Å²) in [6.07, 6.45) is 3.99. The van der Waals surface area contributed by atoms with Gasteiger partial charge in [-0.25, -0.2) is 0 Å². The number of ether oxygens (including phenoxy) is 1. The smallest absolute Gasteiger partial charge is 0.145 e. The molecule has 4 heteroatoms. The van der Waals surface area contributed by atoms with Crippen LogP contribution in [0.3, 0.4) is 0 Å². The number of rotatable bonds is 5. The Kier molecular flexibility index (Phi) is 5.52. The van der Waals surface area contributed by atoms with Crippen molar-refractivity contribution in [1.82, 2.24) is 4.90 Å². The van der Waals surface area contributed by atoms with Crippen LogP contribution in [0.1, 0.15) is 12.8 Å². The quantitative estimate of drug-likeness (QED) is 0.693. The van der Waals surface area contributed by atoms with Gasteiger partial charge in [-0.2, -0.15) is 11.8 Å². The lowest BCUT2D eigenvalue weighted by Crippen LogP contribution is -2.37. The molecular weight excluding hydrogens is 198 g/mol. The predicted octanol–water partition coefficient (Wildman–Crippen LogP) is 1.23. The Labute approximate surface area is 90.2 Å². The summed E-state index contributed by atoms with van der Waals surface area (Å²) in [7, 11) is 1.71. The Morgan fingerprint density at radius 3 is 2.64 bits per heavy atom. The SMILES string of the molecule is COCN1CCC(C(=O)CSC)CC1. The first-order chi connectivity index (χ1) is 6.77. The van der Waals surface area contributed by atoms with Gasteiger partial charge in [0, 0.05) is 26.1 Å². The number of methoxy groups -OCH3 is 1. The van der Waals surface area contributed by atoms with E-state index in [1.54, 1.807) is 18.9 Å². The molecule has 1 fully saturated rings. The van der Waals surface area contributed by atoms with Crippen LogP contribution in [-0.4, -0.2) is 49.6 Å². The third kappa shape index (κ3) is 3.59. The molecule has 82 valence electrons. The Morgan fingerprint density at radius 2 is 2.14 bits per heavy atom.